The topological polar surface area (TPSA) is 33.1 Å². The lowest BCUT2D eigenvalue weighted by molar-refractivity contribution is 0.0500. The summed E-state index contributed by atoms with van der Waals surface area (Å²) in [4.78, 5) is 4.10. The third kappa shape index (κ3) is 3.11. The molecular formula is C12H19NO. The Labute approximate surface area is 86.0 Å². The number of hydrogen-bond donors (Lipinski definition) is 1. The predicted molar refractivity (Wildman–Crippen MR) is 58.2 cm³/mol. The van der Waals surface area contributed by atoms with Crippen LogP contribution in [0.25, 0.3) is 0 Å². The van der Waals surface area contributed by atoms with Crippen LogP contribution >= 0.6 is 0 Å². The van der Waals surface area contributed by atoms with E-state index in [1.807, 2.05) is 26.1 Å². The van der Waals surface area contributed by atoms with Gasteiger partial charge in [0, 0.05) is 12.4 Å². The molecule has 0 aliphatic heterocycles. The molecule has 0 radical (unpaired) electrons. The molecule has 0 atom stereocenters. The van der Waals surface area contributed by atoms with Crippen molar-refractivity contribution < 1.29 is 5.11 Å². The van der Waals surface area contributed by atoms with Crippen molar-refractivity contribution in [2.24, 2.45) is 0 Å². The molecule has 0 fully saturated rings. The highest BCUT2D eigenvalue weighted by Gasteiger charge is 2.28. The van der Waals surface area contributed by atoms with Crippen molar-refractivity contribution in [3.63, 3.8) is 0 Å². The zero-order valence-electron chi connectivity index (χ0n) is 9.41. The van der Waals surface area contributed by atoms with Gasteiger partial charge in [0.05, 0.1) is 5.60 Å². The SMILES string of the molecule is CC(C)(O)CC(C)(C)c1cccnc1. The zero-order chi connectivity index (χ0) is 10.8. The van der Waals surface area contributed by atoms with E-state index in [-0.39, 0.29) is 5.41 Å². The van der Waals surface area contributed by atoms with Gasteiger partial charge >= 0.3 is 0 Å². The first-order chi connectivity index (χ1) is 6.31. The molecule has 0 aliphatic carbocycles. The molecule has 1 N–H and O–H groups in total. The van der Waals surface area contributed by atoms with Crippen molar-refractivity contribution in [3.05, 3.63) is 30.1 Å². The van der Waals surface area contributed by atoms with Crippen molar-refractivity contribution in [2.75, 3.05) is 0 Å². The summed E-state index contributed by atoms with van der Waals surface area (Å²) < 4.78 is 0. The van der Waals surface area contributed by atoms with Crippen molar-refractivity contribution >= 4 is 0 Å². The molecule has 0 saturated carbocycles. The average Bonchev–Trinajstić information content (AvgIpc) is 2.01. The Morgan fingerprint density at radius 3 is 2.36 bits per heavy atom. The minimum Gasteiger partial charge on any atom is -0.390 e. The van der Waals surface area contributed by atoms with Gasteiger partial charge in [-0.25, -0.2) is 0 Å². The van der Waals surface area contributed by atoms with E-state index in [0.29, 0.717) is 0 Å². The van der Waals surface area contributed by atoms with Gasteiger partial charge in [0.1, 0.15) is 0 Å². The zero-order valence-corrected chi connectivity index (χ0v) is 9.41. The third-order valence-corrected chi connectivity index (χ3v) is 2.32. The number of aliphatic hydroxyl groups is 1. The number of pyridine rings is 1. The molecule has 78 valence electrons. The molecule has 2 heteroatoms. The van der Waals surface area contributed by atoms with Gasteiger partial charge in [-0.1, -0.05) is 19.9 Å². The van der Waals surface area contributed by atoms with E-state index in [9.17, 15) is 5.11 Å². The van der Waals surface area contributed by atoms with Crippen molar-refractivity contribution in [1.29, 1.82) is 0 Å². The van der Waals surface area contributed by atoms with E-state index >= 15 is 0 Å². The molecule has 1 rings (SSSR count). The highest BCUT2D eigenvalue weighted by Crippen LogP contribution is 2.31. The van der Waals surface area contributed by atoms with E-state index in [4.69, 9.17) is 0 Å². The van der Waals surface area contributed by atoms with Gasteiger partial charge in [-0.05, 0) is 37.3 Å². The van der Waals surface area contributed by atoms with E-state index in [1.54, 1.807) is 6.20 Å². The smallest absolute Gasteiger partial charge is 0.0600 e. The summed E-state index contributed by atoms with van der Waals surface area (Å²) in [5.74, 6) is 0. The van der Waals surface area contributed by atoms with Gasteiger partial charge in [-0.2, -0.15) is 0 Å². The minimum absolute atomic E-state index is 0.0352. The van der Waals surface area contributed by atoms with Crippen LogP contribution in [0, 0.1) is 0 Å². The fourth-order valence-corrected chi connectivity index (χ4v) is 1.95. The Balaban J connectivity index is 2.86. The van der Waals surface area contributed by atoms with Crippen LogP contribution in [0.2, 0.25) is 0 Å². The summed E-state index contributed by atoms with van der Waals surface area (Å²) in [6.45, 7) is 7.93. The molecule has 0 aliphatic rings. The van der Waals surface area contributed by atoms with Crippen LogP contribution < -0.4 is 0 Å². The van der Waals surface area contributed by atoms with Crippen LogP contribution in [0.4, 0.5) is 0 Å². The number of nitrogens with zero attached hydrogens (tertiary/aromatic N) is 1. The minimum atomic E-state index is -0.640. The summed E-state index contributed by atoms with van der Waals surface area (Å²) in [6.07, 6.45) is 4.36. The maximum absolute atomic E-state index is 9.79. The Morgan fingerprint density at radius 2 is 1.93 bits per heavy atom. The maximum atomic E-state index is 9.79. The van der Waals surface area contributed by atoms with Crippen LogP contribution in [0.15, 0.2) is 24.5 Å². The van der Waals surface area contributed by atoms with E-state index in [2.05, 4.69) is 24.9 Å². The Morgan fingerprint density at radius 1 is 1.29 bits per heavy atom. The van der Waals surface area contributed by atoms with Crippen LogP contribution in [0.3, 0.4) is 0 Å². The van der Waals surface area contributed by atoms with Gasteiger partial charge < -0.3 is 5.11 Å². The largest absolute Gasteiger partial charge is 0.390 e. The van der Waals surface area contributed by atoms with Crippen molar-refractivity contribution in [2.45, 2.75) is 45.1 Å². The molecule has 0 amide bonds. The normalized spacial score (nSPS) is 12.9. The summed E-state index contributed by atoms with van der Waals surface area (Å²) in [5.41, 5.74) is 0.494. The van der Waals surface area contributed by atoms with Crippen molar-refractivity contribution in [3.8, 4) is 0 Å². The Bertz CT molecular complexity index is 285. The summed E-state index contributed by atoms with van der Waals surface area (Å²) in [5, 5.41) is 9.79. The Hall–Kier alpha value is -0.890. The Kier molecular flexibility index (Phi) is 2.95. The van der Waals surface area contributed by atoms with Gasteiger partial charge in [0.25, 0.3) is 0 Å². The van der Waals surface area contributed by atoms with Gasteiger partial charge in [0.15, 0.2) is 0 Å². The second kappa shape index (κ2) is 3.70. The lowest BCUT2D eigenvalue weighted by atomic mass is 9.77. The molecule has 2 nitrogen and oxygen atoms in total. The summed E-state index contributed by atoms with van der Waals surface area (Å²) in [6, 6.07) is 3.99. The first kappa shape index (κ1) is 11.2. The van der Waals surface area contributed by atoms with Crippen LogP contribution in [0.1, 0.15) is 39.7 Å². The van der Waals surface area contributed by atoms with Crippen LogP contribution in [0.5, 0.6) is 0 Å². The second-order valence-electron chi connectivity index (χ2n) is 5.11. The van der Waals surface area contributed by atoms with Crippen LogP contribution in [-0.2, 0) is 5.41 Å². The molecule has 1 aromatic rings. The molecule has 0 unspecified atom stereocenters. The van der Waals surface area contributed by atoms with E-state index < -0.39 is 5.60 Å². The van der Waals surface area contributed by atoms with Crippen molar-refractivity contribution in [1.82, 2.24) is 4.98 Å². The van der Waals surface area contributed by atoms with E-state index in [1.165, 1.54) is 5.56 Å². The predicted octanol–water partition coefficient (Wildman–Crippen LogP) is 2.52. The molecule has 1 heterocycles. The fraction of sp³-hybridized carbons (Fsp3) is 0.583. The lowest BCUT2D eigenvalue weighted by Gasteiger charge is -2.31. The van der Waals surface area contributed by atoms with Gasteiger partial charge in [-0.15, -0.1) is 0 Å². The van der Waals surface area contributed by atoms with Gasteiger partial charge in [0.2, 0.25) is 0 Å². The van der Waals surface area contributed by atoms with Crippen LogP contribution in [-0.4, -0.2) is 15.7 Å². The maximum Gasteiger partial charge on any atom is 0.0600 e. The quantitative estimate of drug-likeness (QED) is 0.800. The first-order valence-electron chi connectivity index (χ1n) is 4.94. The molecule has 14 heavy (non-hydrogen) atoms. The van der Waals surface area contributed by atoms with Gasteiger partial charge in [-0.3, -0.25) is 4.98 Å². The molecular weight excluding hydrogens is 174 g/mol. The number of aromatic nitrogens is 1. The monoisotopic (exact) mass is 193 g/mol. The first-order valence-corrected chi connectivity index (χ1v) is 4.94. The number of hydrogen-bond acceptors (Lipinski definition) is 2. The molecule has 0 aromatic carbocycles. The van der Waals surface area contributed by atoms with E-state index in [0.717, 1.165) is 6.42 Å². The highest BCUT2D eigenvalue weighted by atomic mass is 16.3. The number of rotatable bonds is 3. The average molecular weight is 193 g/mol. The lowest BCUT2D eigenvalue weighted by Crippen LogP contribution is -2.31. The fourth-order valence-electron chi connectivity index (χ4n) is 1.95. The third-order valence-electron chi connectivity index (χ3n) is 2.32. The molecule has 0 spiro atoms. The second-order valence-corrected chi connectivity index (χ2v) is 5.11. The molecule has 0 bridgehead atoms. The highest BCUT2D eigenvalue weighted by molar-refractivity contribution is 5.20. The molecule has 1 aromatic heterocycles. The summed E-state index contributed by atoms with van der Waals surface area (Å²) in [7, 11) is 0. The molecule has 0 saturated heterocycles. The summed E-state index contributed by atoms with van der Waals surface area (Å²) >= 11 is 0. The standard InChI is InChI=1S/C12H19NO/c1-11(2,9-12(3,4)14)10-6-5-7-13-8-10/h5-8,14H,9H2,1-4H3.